The molecule has 0 saturated carbocycles. The van der Waals surface area contributed by atoms with Crippen molar-refractivity contribution in [2.75, 3.05) is 5.73 Å². The lowest BCUT2D eigenvalue weighted by molar-refractivity contribution is -0.137. The van der Waals surface area contributed by atoms with Gasteiger partial charge in [0.25, 0.3) is 0 Å². The number of hydrogen-bond acceptors (Lipinski definition) is 2. The van der Waals surface area contributed by atoms with Crippen molar-refractivity contribution >= 4 is 17.3 Å². The summed E-state index contributed by atoms with van der Waals surface area (Å²) in [5.74, 6) is 0.524. The highest BCUT2D eigenvalue weighted by atomic mass is 35.5. The number of alkyl halides is 3. The van der Waals surface area contributed by atoms with Gasteiger partial charge in [-0.1, -0.05) is 11.6 Å². The molecular formula is C15H13ClF3NO. The van der Waals surface area contributed by atoms with Crippen molar-refractivity contribution in [3.05, 3.63) is 52.0 Å². The molecule has 0 bridgehead atoms. The van der Waals surface area contributed by atoms with Crippen molar-refractivity contribution in [2.45, 2.75) is 20.0 Å². The molecule has 2 rings (SSSR count). The van der Waals surface area contributed by atoms with E-state index in [0.717, 1.165) is 17.2 Å². The highest BCUT2D eigenvalue weighted by molar-refractivity contribution is 6.31. The average Bonchev–Trinajstić information content (AvgIpc) is 2.37. The second-order valence-electron chi connectivity index (χ2n) is 4.72. The van der Waals surface area contributed by atoms with E-state index in [-0.39, 0.29) is 10.8 Å². The van der Waals surface area contributed by atoms with Gasteiger partial charge in [-0.05, 0) is 55.3 Å². The van der Waals surface area contributed by atoms with Crippen LogP contribution in [0.5, 0.6) is 11.5 Å². The Kier molecular flexibility index (Phi) is 4.05. The molecule has 0 saturated heterocycles. The van der Waals surface area contributed by atoms with Gasteiger partial charge in [-0.3, -0.25) is 0 Å². The SMILES string of the molecule is Cc1cc(Oc2ccc(Cl)c(C(F)(F)F)c2)c(C)cc1N. The Bertz CT molecular complexity index is 683. The number of aryl methyl sites for hydroxylation is 2. The van der Waals surface area contributed by atoms with E-state index in [1.807, 2.05) is 0 Å². The summed E-state index contributed by atoms with van der Waals surface area (Å²) in [5.41, 5.74) is 6.97. The standard InChI is InChI=1S/C15H13ClF3NO/c1-8-6-14(9(2)5-13(8)20)21-10-3-4-12(16)11(7-10)15(17,18)19/h3-7H,20H2,1-2H3. The first-order valence-electron chi connectivity index (χ1n) is 6.10. The molecule has 6 heteroatoms. The quantitative estimate of drug-likeness (QED) is 0.758. The van der Waals surface area contributed by atoms with Gasteiger partial charge in [-0.15, -0.1) is 0 Å². The Balaban J connectivity index is 2.39. The summed E-state index contributed by atoms with van der Waals surface area (Å²) < 4.78 is 43.9. The largest absolute Gasteiger partial charge is 0.457 e. The van der Waals surface area contributed by atoms with Crippen LogP contribution in [0.2, 0.25) is 5.02 Å². The van der Waals surface area contributed by atoms with Crippen molar-refractivity contribution in [3.63, 3.8) is 0 Å². The minimum atomic E-state index is -4.53. The van der Waals surface area contributed by atoms with Crippen LogP contribution in [-0.4, -0.2) is 0 Å². The van der Waals surface area contributed by atoms with Gasteiger partial charge in [-0.2, -0.15) is 13.2 Å². The van der Waals surface area contributed by atoms with Crippen LogP contribution in [0.4, 0.5) is 18.9 Å². The number of nitrogen functional groups attached to an aromatic ring is 1. The van der Waals surface area contributed by atoms with Crippen molar-refractivity contribution in [2.24, 2.45) is 0 Å². The molecule has 0 aliphatic carbocycles. The van der Waals surface area contributed by atoms with E-state index in [2.05, 4.69) is 0 Å². The van der Waals surface area contributed by atoms with Gasteiger partial charge in [-0.25, -0.2) is 0 Å². The molecule has 112 valence electrons. The third-order valence-electron chi connectivity index (χ3n) is 3.03. The highest BCUT2D eigenvalue weighted by Gasteiger charge is 2.33. The second-order valence-corrected chi connectivity index (χ2v) is 5.12. The van der Waals surface area contributed by atoms with E-state index in [9.17, 15) is 13.2 Å². The molecule has 21 heavy (non-hydrogen) atoms. The van der Waals surface area contributed by atoms with Gasteiger partial charge >= 0.3 is 6.18 Å². The van der Waals surface area contributed by atoms with Crippen LogP contribution in [0.15, 0.2) is 30.3 Å². The van der Waals surface area contributed by atoms with Gasteiger partial charge in [0.05, 0.1) is 10.6 Å². The molecule has 2 aromatic carbocycles. The molecule has 0 heterocycles. The number of rotatable bonds is 2. The lowest BCUT2D eigenvalue weighted by atomic mass is 10.1. The van der Waals surface area contributed by atoms with Gasteiger partial charge < -0.3 is 10.5 Å². The zero-order valence-electron chi connectivity index (χ0n) is 11.4. The second kappa shape index (κ2) is 5.48. The van der Waals surface area contributed by atoms with Gasteiger partial charge in [0.15, 0.2) is 0 Å². The Morgan fingerprint density at radius 2 is 1.71 bits per heavy atom. The van der Waals surface area contributed by atoms with E-state index in [1.165, 1.54) is 12.1 Å². The molecule has 0 atom stereocenters. The summed E-state index contributed by atoms with van der Waals surface area (Å²) >= 11 is 5.57. The minimum absolute atomic E-state index is 0.0685. The normalized spacial score (nSPS) is 11.5. The predicted molar refractivity (Wildman–Crippen MR) is 76.9 cm³/mol. The maximum absolute atomic E-state index is 12.8. The van der Waals surface area contributed by atoms with Crippen molar-refractivity contribution in [3.8, 4) is 11.5 Å². The summed E-state index contributed by atoms with van der Waals surface area (Å²) in [7, 11) is 0. The molecule has 0 aromatic heterocycles. The van der Waals surface area contributed by atoms with Crippen LogP contribution in [0.3, 0.4) is 0 Å². The van der Waals surface area contributed by atoms with Crippen molar-refractivity contribution in [1.29, 1.82) is 0 Å². The zero-order chi connectivity index (χ0) is 15.8. The highest BCUT2D eigenvalue weighted by Crippen LogP contribution is 2.38. The molecule has 0 amide bonds. The summed E-state index contributed by atoms with van der Waals surface area (Å²) in [6.45, 7) is 3.57. The molecule has 2 aromatic rings. The van der Waals surface area contributed by atoms with E-state index >= 15 is 0 Å². The molecule has 0 radical (unpaired) electrons. The lowest BCUT2D eigenvalue weighted by Crippen LogP contribution is -2.06. The fourth-order valence-corrected chi connectivity index (χ4v) is 2.06. The summed E-state index contributed by atoms with van der Waals surface area (Å²) in [6, 6.07) is 6.84. The number of anilines is 1. The van der Waals surface area contributed by atoms with Gasteiger partial charge in [0.2, 0.25) is 0 Å². The number of nitrogens with two attached hydrogens (primary N) is 1. The van der Waals surface area contributed by atoms with Crippen molar-refractivity contribution in [1.82, 2.24) is 0 Å². The third-order valence-corrected chi connectivity index (χ3v) is 3.36. The van der Waals surface area contributed by atoms with Crippen LogP contribution in [0.25, 0.3) is 0 Å². The number of halogens is 4. The monoisotopic (exact) mass is 315 g/mol. The Morgan fingerprint density at radius 3 is 2.33 bits per heavy atom. The third kappa shape index (κ3) is 3.42. The lowest BCUT2D eigenvalue weighted by Gasteiger charge is -2.14. The molecule has 0 aliphatic heterocycles. The number of ether oxygens (including phenoxy) is 1. The predicted octanol–water partition coefficient (Wildman–Crippen LogP) is 5.35. The molecule has 0 fully saturated rings. The first-order valence-corrected chi connectivity index (χ1v) is 6.47. The summed E-state index contributed by atoms with van der Waals surface area (Å²) in [5, 5.41) is -0.361. The minimum Gasteiger partial charge on any atom is -0.457 e. The van der Waals surface area contributed by atoms with Crippen LogP contribution >= 0.6 is 11.6 Å². The van der Waals surface area contributed by atoms with Gasteiger partial charge in [0, 0.05) is 5.69 Å². The maximum atomic E-state index is 12.8. The van der Waals surface area contributed by atoms with Crippen LogP contribution < -0.4 is 10.5 Å². The zero-order valence-corrected chi connectivity index (χ0v) is 12.1. The van der Waals surface area contributed by atoms with Crippen LogP contribution in [-0.2, 0) is 6.18 Å². The fourth-order valence-electron chi connectivity index (χ4n) is 1.83. The van der Waals surface area contributed by atoms with E-state index in [0.29, 0.717) is 11.4 Å². The Morgan fingerprint density at radius 1 is 1.05 bits per heavy atom. The van der Waals surface area contributed by atoms with E-state index in [4.69, 9.17) is 22.1 Å². The molecule has 2 nitrogen and oxygen atoms in total. The first kappa shape index (κ1) is 15.5. The molecule has 0 unspecified atom stereocenters. The van der Waals surface area contributed by atoms with Crippen LogP contribution in [0.1, 0.15) is 16.7 Å². The number of hydrogen-bond donors (Lipinski definition) is 1. The fraction of sp³-hybridized carbons (Fsp3) is 0.200. The molecule has 2 N–H and O–H groups in total. The summed E-state index contributed by atoms with van der Waals surface area (Å²) in [6.07, 6.45) is -4.53. The molecule has 0 spiro atoms. The van der Waals surface area contributed by atoms with E-state index < -0.39 is 11.7 Å². The topological polar surface area (TPSA) is 35.2 Å². The Labute approximate surface area is 125 Å². The average molecular weight is 316 g/mol. The summed E-state index contributed by atoms with van der Waals surface area (Å²) in [4.78, 5) is 0. The number of benzene rings is 2. The maximum Gasteiger partial charge on any atom is 0.417 e. The first-order chi connectivity index (χ1) is 9.68. The molecular weight excluding hydrogens is 303 g/mol. The van der Waals surface area contributed by atoms with Gasteiger partial charge in [0.1, 0.15) is 11.5 Å². The smallest absolute Gasteiger partial charge is 0.417 e. The molecule has 0 aliphatic rings. The van der Waals surface area contributed by atoms with Crippen molar-refractivity contribution < 1.29 is 17.9 Å². The Hall–Kier alpha value is -1.88. The van der Waals surface area contributed by atoms with E-state index in [1.54, 1.807) is 26.0 Å². The van der Waals surface area contributed by atoms with Crippen LogP contribution in [0, 0.1) is 13.8 Å².